The van der Waals surface area contributed by atoms with Crippen molar-refractivity contribution in [2.45, 2.75) is 51.5 Å². The topological polar surface area (TPSA) is 29.0 Å². The molecular weight excluding hydrogens is 282 g/mol. The molecule has 1 atom stereocenters. The lowest BCUT2D eigenvalue weighted by Gasteiger charge is -2.30. The predicted molar refractivity (Wildman–Crippen MR) is 94.3 cm³/mol. The summed E-state index contributed by atoms with van der Waals surface area (Å²) in [6.07, 6.45) is 13.5. The Balaban J connectivity index is 1.60. The van der Waals surface area contributed by atoms with Gasteiger partial charge in [0.15, 0.2) is 0 Å². The second kappa shape index (κ2) is 8.21. The molecule has 0 aliphatic carbocycles. The molecule has 0 aromatic carbocycles. The fourth-order valence-corrected chi connectivity index (χ4v) is 3.53. The lowest BCUT2D eigenvalue weighted by Crippen LogP contribution is -2.30. The van der Waals surface area contributed by atoms with E-state index in [4.69, 9.17) is 0 Å². The third kappa shape index (κ3) is 4.61. The fraction of sp³-hybridized carbons (Fsp3) is 0.500. The molecule has 23 heavy (non-hydrogen) atoms. The minimum Gasteiger partial charge on any atom is -0.296 e. The van der Waals surface area contributed by atoms with Crippen LogP contribution in [-0.2, 0) is 6.42 Å². The van der Waals surface area contributed by atoms with Crippen molar-refractivity contribution in [2.24, 2.45) is 0 Å². The molecular formula is C20H27N3. The summed E-state index contributed by atoms with van der Waals surface area (Å²) >= 11 is 0. The van der Waals surface area contributed by atoms with Gasteiger partial charge in [-0.2, -0.15) is 0 Å². The van der Waals surface area contributed by atoms with Crippen LogP contribution >= 0.6 is 0 Å². The van der Waals surface area contributed by atoms with E-state index in [1.165, 1.54) is 56.3 Å². The minimum absolute atomic E-state index is 0.566. The Hall–Kier alpha value is -1.74. The lowest BCUT2D eigenvalue weighted by atomic mass is 10.0. The van der Waals surface area contributed by atoms with Gasteiger partial charge in [0.05, 0.1) is 0 Å². The second-order valence-electron chi connectivity index (χ2n) is 6.59. The van der Waals surface area contributed by atoms with E-state index in [1.54, 1.807) is 0 Å². The standard InChI is InChI=1S/C20H27N3/c1-17-8-9-18(16-22-17)6-5-15-23-14-4-2-3-7-20(23)19-10-12-21-13-11-19/h8-13,16,20H,2-7,14-15H2,1H3/t20-/m0/s1. The molecule has 3 heteroatoms. The van der Waals surface area contributed by atoms with Gasteiger partial charge in [-0.05, 0) is 75.0 Å². The fourth-order valence-electron chi connectivity index (χ4n) is 3.53. The Kier molecular flexibility index (Phi) is 5.76. The summed E-state index contributed by atoms with van der Waals surface area (Å²) in [7, 11) is 0. The van der Waals surface area contributed by atoms with E-state index in [0.717, 1.165) is 12.1 Å². The number of aryl methyl sites for hydroxylation is 2. The van der Waals surface area contributed by atoms with Crippen molar-refractivity contribution in [3.05, 3.63) is 59.7 Å². The number of aromatic nitrogens is 2. The Morgan fingerprint density at radius 2 is 1.96 bits per heavy atom. The third-order valence-corrected chi connectivity index (χ3v) is 4.84. The van der Waals surface area contributed by atoms with E-state index < -0.39 is 0 Å². The van der Waals surface area contributed by atoms with Gasteiger partial charge in [-0.15, -0.1) is 0 Å². The quantitative estimate of drug-likeness (QED) is 0.823. The number of hydrogen-bond donors (Lipinski definition) is 0. The van der Waals surface area contributed by atoms with E-state index in [0.29, 0.717) is 6.04 Å². The SMILES string of the molecule is Cc1ccc(CCCN2CCCCC[C@H]2c2ccncc2)cn1. The van der Waals surface area contributed by atoms with Crippen molar-refractivity contribution in [1.82, 2.24) is 14.9 Å². The highest BCUT2D eigenvalue weighted by molar-refractivity contribution is 5.16. The van der Waals surface area contributed by atoms with Gasteiger partial charge in [-0.3, -0.25) is 14.9 Å². The van der Waals surface area contributed by atoms with Crippen LogP contribution in [0.1, 0.15) is 55.0 Å². The van der Waals surface area contributed by atoms with Crippen molar-refractivity contribution < 1.29 is 0 Å². The largest absolute Gasteiger partial charge is 0.296 e. The van der Waals surface area contributed by atoms with Gasteiger partial charge < -0.3 is 0 Å². The van der Waals surface area contributed by atoms with Gasteiger partial charge in [0, 0.05) is 30.3 Å². The first kappa shape index (κ1) is 16.1. The molecule has 1 aliphatic heterocycles. The van der Waals surface area contributed by atoms with Crippen LogP contribution in [0.2, 0.25) is 0 Å². The smallest absolute Gasteiger partial charge is 0.0372 e. The maximum absolute atomic E-state index is 4.40. The first-order valence-corrected chi connectivity index (χ1v) is 8.88. The molecule has 2 aromatic heterocycles. The van der Waals surface area contributed by atoms with E-state index in [2.05, 4.69) is 39.1 Å². The van der Waals surface area contributed by atoms with Gasteiger partial charge in [0.2, 0.25) is 0 Å². The molecule has 0 N–H and O–H groups in total. The molecule has 0 unspecified atom stereocenters. The van der Waals surface area contributed by atoms with Gasteiger partial charge in [0.25, 0.3) is 0 Å². The zero-order valence-electron chi connectivity index (χ0n) is 14.1. The Labute approximate surface area is 139 Å². The van der Waals surface area contributed by atoms with Gasteiger partial charge in [-0.1, -0.05) is 18.9 Å². The van der Waals surface area contributed by atoms with Crippen molar-refractivity contribution in [3.8, 4) is 0 Å². The van der Waals surface area contributed by atoms with Gasteiger partial charge in [0.1, 0.15) is 0 Å². The molecule has 0 radical (unpaired) electrons. The van der Waals surface area contributed by atoms with Crippen molar-refractivity contribution in [3.63, 3.8) is 0 Å². The summed E-state index contributed by atoms with van der Waals surface area (Å²) in [5.74, 6) is 0. The number of nitrogens with zero attached hydrogens (tertiary/aromatic N) is 3. The molecule has 1 fully saturated rings. The van der Waals surface area contributed by atoms with Crippen LogP contribution in [0, 0.1) is 6.92 Å². The average molecular weight is 309 g/mol. The second-order valence-corrected chi connectivity index (χ2v) is 6.59. The number of pyridine rings is 2. The van der Waals surface area contributed by atoms with Crippen LogP contribution in [0.25, 0.3) is 0 Å². The van der Waals surface area contributed by atoms with E-state index in [9.17, 15) is 0 Å². The molecule has 1 saturated heterocycles. The average Bonchev–Trinajstić information content (AvgIpc) is 2.83. The van der Waals surface area contributed by atoms with Crippen LogP contribution in [0.4, 0.5) is 0 Å². The van der Waals surface area contributed by atoms with Crippen LogP contribution in [0.3, 0.4) is 0 Å². The van der Waals surface area contributed by atoms with Crippen LogP contribution in [0.15, 0.2) is 42.9 Å². The van der Waals surface area contributed by atoms with Crippen LogP contribution in [-0.4, -0.2) is 28.0 Å². The van der Waals surface area contributed by atoms with Crippen molar-refractivity contribution in [2.75, 3.05) is 13.1 Å². The molecule has 3 heterocycles. The maximum Gasteiger partial charge on any atom is 0.0372 e. The Bertz CT molecular complexity index is 580. The summed E-state index contributed by atoms with van der Waals surface area (Å²) in [5.41, 5.74) is 3.88. The summed E-state index contributed by atoms with van der Waals surface area (Å²) < 4.78 is 0. The monoisotopic (exact) mass is 309 g/mol. The molecule has 1 aliphatic rings. The number of rotatable bonds is 5. The van der Waals surface area contributed by atoms with E-state index in [1.807, 2.05) is 25.5 Å². The summed E-state index contributed by atoms with van der Waals surface area (Å²) in [6.45, 7) is 4.43. The molecule has 3 rings (SSSR count). The zero-order valence-corrected chi connectivity index (χ0v) is 14.1. The third-order valence-electron chi connectivity index (χ3n) is 4.84. The Morgan fingerprint density at radius 1 is 1.09 bits per heavy atom. The normalized spacial score (nSPS) is 19.4. The predicted octanol–water partition coefficient (Wildman–Crippen LogP) is 4.33. The number of hydrogen-bond acceptors (Lipinski definition) is 3. The van der Waals surface area contributed by atoms with Crippen LogP contribution in [0.5, 0.6) is 0 Å². The first-order valence-electron chi connectivity index (χ1n) is 8.88. The lowest BCUT2D eigenvalue weighted by molar-refractivity contribution is 0.199. The molecule has 0 amide bonds. The molecule has 0 bridgehead atoms. The maximum atomic E-state index is 4.40. The molecule has 0 saturated carbocycles. The van der Waals surface area contributed by atoms with Crippen molar-refractivity contribution >= 4 is 0 Å². The first-order chi connectivity index (χ1) is 11.3. The molecule has 122 valence electrons. The highest BCUT2D eigenvalue weighted by Gasteiger charge is 2.21. The highest BCUT2D eigenvalue weighted by atomic mass is 15.2. The number of likely N-dealkylation sites (tertiary alicyclic amines) is 1. The highest BCUT2D eigenvalue weighted by Crippen LogP contribution is 2.29. The minimum atomic E-state index is 0.566. The zero-order chi connectivity index (χ0) is 15.9. The summed E-state index contributed by atoms with van der Waals surface area (Å²) in [6, 6.07) is 9.27. The molecule has 0 spiro atoms. The molecule has 2 aromatic rings. The summed E-state index contributed by atoms with van der Waals surface area (Å²) in [4.78, 5) is 11.3. The van der Waals surface area contributed by atoms with Gasteiger partial charge >= 0.3 is 0 Å². The summed E-state index contributed by atoms with van der Waals surface area (Å²) in [5, 5.41) is 0. The van der Waals surface area contributed by atoms with Crippen molar-refractivity contribution in [1.29, 1.82) is 0 Å². The van der Waals surface area contributed by atoms with E-state index >= 15 is 0 Å². The van der Waals surface area contributed by atoms with E-state index in [-0.39, 0.29) is 0 Å². The van der Waals surface area contributed by atoms with Gasteiger partial charge in [-0.25, -0.2) is 0 Å². The Morgan fingerprint density at radius 3 is 2.74 bits per heavy atom. The molecule has 3 nitrogen and oxygen atoms in total. The van der Waals surface area contributed by atoms with Crippen LogP contribution < -0.4 is 0 Å².